The van der Waals surface area contributed by atoms with Gasteiger partial charge < -0.3 is 5.73 Å². The molecule has 0 amide bonds. The van der Waals surface area contributed by atoms with Crippen LogP contribution < -0.4 is 5.73 Å². The first kappa shape index (κ1) is 10.3. The van der Waals surface area contributed by atoms with E-state index in [-0.39, 0.29) is 6.04 Å². The van der Waals surface area contributed by atoms with E-state index in [2.05, 4.69) is 25.0 Å². The zero-order chi connectivity index (χ0) is 9.84. The lowest BCUT2D eigenvalue weighted by Crippen LogP contribution is -2.24. The quantitative estimate of drug-likeness (QED) is 0.769. The maximum absolute atomic E-state index is 5.85. The van der Waals surface area contributed by atoms with Crippen LogP contribution in [0.5, 0.6) is 0 Å². The molecule has 13 heavy (non-hydrogen) atoms. The summed E-state index contributed by atoms with van der Waals surface area (Å²) in [6.45, 7) is 7.32. The summed E-state index contributed by atoms with van der Waals surface area (Å²) >= 11 is 0. The van der Waals surface area contributed by atoms with Gasteiger partial charge in [-0.25, -0.2) is 0 Å². The monoisotopic (exact) mass is 181 g/mol. The smallest absolute Gasteiger partial charge is 0.0492 e. The molecule has 0 aliphatic rings. The van der Waals surface area contributed by atoms with E-state index in [1.807, 2.05) is 17.8 Å². The van der Waals surface area contributed by atoms with Crippen LogP contribution in [-0.2, 0) is 6.54 Å². The van der Waals surface area contributed by atoms with Crippen molar-refractivity contribution in [3.63, 3.8) is 0 Å². The summed E-state index contributed by atoms with van der Waals surface area (Å²) in [7, 11) is 0. The first-order chi connectivity index (χ1) is 6.16. The maximum Gasteiger partial charge on any atom is 0.0492 e. The van der Waals surface area contributed by atoms with E-state index in [0.29, 0.717) is 5.92 Å². The molecule has 1 heterocycles. The van der Waals surface area contributed by atoms with Crippen LogP contribution in [0.2, 0.25) is 0 Å². The number of aryl methyl sites for hydroxylation is 1. The Morgan fingerprint density at radius 1 is 1.54 bits per heavy atom. The minimum absolute atomic E-state index is 0.187. The standard InChI is InChI=1S/C10H19N3/c1-4-7-13-10(5-6-12-13)8(2)9(3)11/h5-6,8-9H,4,7,11H2,1-3H3. The van der Waals surface area contributed by atoms with Crippen LogP contribution in [0.3, 0.4) is 0 Å². The summed E-state index contributed by atoms with van der Waals surface area (Å²) in [6, 6.07) is 2.25. The SMILES string of the molecule is CCCn1nccc1C(C)C(C)N. The number of rotatable bonds is 4. The molecule has 0 saturated carbocycles. The van der Waals surface area contributed by atoms with E-state index in [1.54, 1.807) is 0 Å². The second kappa shape index (κ2) is 4.42. The molecule has 0 aliphatic carbocycles. The fourth-order valence-electron chi connectivity index (χ4n) is 1.40. The Hall–Kier alpha value is -0.830. The summed E-state index contributed by atoms with van der Waals surface area (Å²) in [5.41, 5.74) is 7.10. The summed E-state index contributed by atoms with van der Waals surface area (Å²) in [6.07, 6.45) is 2.96. The van der Waals surface area contributed by atoms with Crippen LogP contribution in [0.4, 0.5) is 0 Å². The van der Waals surface area contributed by atoms with Crippen molar-refractivity contribution in [2.45, 2.75) is 45.7 Å². The average Bonchev–Trinajstić information content (AvgIpc) is 2.52. The number of hydrogen-bond donors (Lipinski definition) is 1. The molecule has 1 rings (SSSR count). The van der Waals surface area contributed by atoms with Crippen molar-refractivity contribution in [2.24, 2.45) is 5.73 Å². The Kier molecular flexibility index (Phi) is 3.48. The molecule has 0 radical (unpaired) electrons. The van der Waals surface area contributed by atoms with Gasteiger partial charge in [0, 0.05) is 30.4 Å². The number of aromatic nitrogens is 2. The summed E-state index contributed by atoms with van der Waals surface area (Å²) < 4.78 is 2.05. The molecule has 0 spiro atoms. The third kappa shape index (κ3) is 2.31. The number of hydrogen-bond acceptors (Lipinski definition) is 2. The molecular formula is C10H19N3. The van der Waals surface area contributed by atoms with Gasteiger partial charge in [0.15, 0.2) is 0 Å². The van der Waals surface area contributed by atoms with Crippen LogP contribution in [-0.4, -0.2) is 15.8 Å². The zero-order valence-corrected chi connectivity index (χ0v) is 8.70. The lowest BCUT2D eigenvalue weighted by Gasteiger charge is -2.17. The minimum Gasteiger partial charge on any atom is -0.327 e. The molecule has 0 bridgehead atoms. The molecule has 0 fully saturated rings. The van der Waals surface area contributed by atoms with Crippen LogP contribution in [0.15, 0.2) is 12.3 Å². The van der Waals surface area contributed by atoms with Crippen LogP contribution in [0.1, 0.15) is 38.8 Å². The van der Waals surface area contributed by atoms with Crippen LogP contribution >= 0.6 is 0 Å². The predicted octanol–water partition coefficient (Wildman–Crippen LogP) is 1.74. The topological polar surface area (TPSA) is 43.8 Å². The van der Waals surface area contributed by atoms with E-state index >= 15 is 0 Å². The Labute approximate surface area is 79.9 Å². The van der Waals surface area contributed by atoms with Crippen molar-refractivity contribution < 1.29 is 0 Å². The van der Waals surface area contributed by atoms with E-state index in [9.17, 15) is 0 Å². The molecular weight excluding hydrogens is 162 g/mol. The van der Waals surface area contributed by atoms with Gasteiger partial charge in [-0.2, -0.15) is 5.10 Å². The second-order valence-electron chi connectivity index (χ2n) is 3.63. The van der Waals surface area contributed by atoms with Gasteiger partial charge >= 0.3 is 0 Å². The highest BCUT2D eigenvalue weighted by Gasteiger charge is 2.14. The van der Waals surface area contributed by atoms with Gasteiger partial charge in [-0.1, -0.05) is 13.8 Å². The van der Waals surface area contributed by atoms with E-state index in [0.717, 1.165) is 13.0 Å². The van der Waals surface area contributed by atoms with Gasteiger partial charge in [0.05, 0.1) is 0 Å². The summed E-state index contributed by atoms with van der Waals surface area (Å²) in [5.74, 6) is 0.383. The number of nitrogens with zero attached hydrogens (tertiary/aromatic N) is 2. The first-order valence-corrected chi connectivity index (χ1v) is 4.94. The molecule has 2 atom stereocenters. The predicted molar refractivity (Wildman–Crippen MR) is 54.6 cm³/mol. The lowest BCUT2D eigenvalue weighted by atomic mass is 10.0. The van der Waals surface area contributed by atoms with Crippen LogP contribution in [0, 0.1) is 0 Å². The largest absolute Gasteiger partial charge is 0.327 e. The van der Waals surface area contributed by atoms with Crippen LogP contribution in [0.25, 0.3) is 0 Å². The second-order valence-corrected chi connectivity index (χ2v) is 3.63. The van der Waals surface area contributed by atoms with Gasteiger partial charge in [-0.3, -0.25) is 4.68 Å². The molecule has 1 aromatic rings. The van der Waals surface area contributed by atoms with E-state index in [4.69, 9.17) is 5.73 Å². The average molecular weight is 181 g/mol. The molecule has 0 aromatic carbocycles. The van der Waals surface area contributed by atoms with Crippen molar-refractivity contribution in [1.29, 1.82) is 0 Å². The van der Waals surface area contributed by atoms with E-state index in [1.165, 1.54) is 5.69 Å². The highest BCUT2D eigenvalue weighted by molar-refractivity contribution is 5.08. The Morgan fingerprint density at radius 3 is 2.77 bits per heavy atom. The highest BCUT2D eigenvalue weighted by atomic mass is 15.3. The van der Waals surface area contributed by atoms with Gasteiger partial charge in [0.1, 0.15) is 0 Å². The van der Waals surface area contributed by atoms with Crippen molar-refractivity contribution in [3.8, 4) is 0 Å². The normalized spacial score (nSPS) is 15.7. The Balaban J connectivity index is 2.80. The lowest BCUT2D eigenvalue weighted by molar-refractivity contribution is 0.512. The molecule has 2 unspecified atom stereocenters. The van der Waals surface area contributed by atoms with Gasteiger partial charge in [-0.05, 0) is 19.4 Å². The number of nitrogens with two attached hydrogens (primary N) is 1. The molecule has 1 aromatic heterocycles. The molecule has 3 heteroatoms. The molecule has 2 N–H and O–H groups in total. The third-order valence-electron chi connectivity index (χ3n) is 2.44. The Morgan fingerprint density at radius 2 is 2.23 bits per heavy atom. The summed E-state index contributed by atoms with van der Waals surface area (Å²) in [4.78, 5) is 0. The molecule has 3 nitrogen and oxygen atoms in total. The van der Waals surface area contributed by atoms with E-state index < -0.39 is 0 Å². The summed E-state index contributed by atoms with van der Waals surface area (Å²) in [5, 5.41) is 4.27. The first-order valence-electron chi connectivity index (χ1n) is 4.94. The molecule has 0 saturated heterocycles. The maximum atomic E-state index is 5.85. The van der Waals surface area contributed by atoms with Crippen molar-refractivity contribution in [2.75, 3.05) is 0 Å². The Bertz CT molecular complexity index is 252. The highest BCUT2D eigenvalue weighted by Crippen LogP contribution is 2.17. The molecule has 0 aliphatic heterocycles. The van der Waals surface area contributed by atoms with Crippen molar-refractivity contribution in [3.05, 3.63) is 18.0 Å². The fraction of sp³-hybridized carbons (Fsp3) is 0.700. The van der Waals surface area contributed by atoms with Gasteiger partial charge in [0.2, 0.25) is 0 Å². The fourth-order valence-corrected chi connectivity index (χ4v) is 1.40. The van der Waals surface area contributed by atoms with Gasteiger partial charge in [0.25, 0.3) is 0 Å². The minimum atomic E-state index is 0.187. The molecule has 74 valence electrons. The third-order valence-corrected chi connectivity index (χ3v) is 2.44. The zero-order valence-electron chi connectivity index (χ0n) is 8.70. The van der Waals surface area contributed by atoms with Crippen molar-refractivity contribution in [1.82, 2.24) is 9.78 Å². The van der Waals surface area contributed by atoms with Gasteiger partial charge in [-0.15, -0.1) is 0 Å². The van der Waals surface area contributed by atoms with Crippen molar-refractivity contribution >= 4 is 0 Å².